The van der Waals surface area contributed by atoms with Gasteiger partial charge in [-0.25, -0.2) is 9.18 Å². The molecule has 202 valence electrons. The molecule has 7 rings (SSSR count). The molecule has 2 amide bonds. The van der Waals surface area contributed by atoms with E-state index in [9.17, 15) is 9.18 Å². The predicted molar refractivity (Wildman–Crippen MR) is 141 cm³/mol. The van der Waals surface area contributed by atoms with Crippen LogP contribution < -0.4 is 15.5 Å². The number of alkyl halides is 1. The second-order valence-electron chi connectivity index (χ2n) is 12.1. The number of aromatic amines is 1. The number of urea groups is 1. The van der Waals surface area contributed by atoms with Crippen LogP contribution in [0.2, 0.25) is 0 Å². The van der Waals surface area contributed by atoms with Gasteiger partial charge >= 0.3 is 6.03 Å². The number of rotatable bonds is 6. The third-order valence-corrected chi connectivity index (χ3v) is 8.51. The van der Waals surface area contributed by atoms with E-state index in [1.807, 2.05) is 11.0 Å². The second kappa shape index (κ2) is 8.12. The van der Waals surface area contributed by atoms with Gasteiger partial charge in [-0.3, -0.25) is 14.8 Å². The van der Waals surface area contributed by atoms with Gasteiger partial charge in [0.1, 0.15) is 11.4 Å². The topological polar surface area (TPSA) is 116 Å². The summed E-state index contributed by atoms with van der Waals surface area (Å²) in [6.45, 7) is 6.25. The number of methoxy groups -OCH3 is 1. The van der Waals surface area contributed by atoms with Crippen molar-refractivity contribution in [3.05, 3.63) is 18.5 Å². The van der Waals surface area contributed by atoms with E-state index < -0.39 is 5.67 Å². The summed E-state index contributed by atoms with van der Waals surface area (Å²) < 4.78 is 21.9. The number of anilines is 2. The van der Waals surface area contributed by atoms with E-state index >= 15 is 0 Å². The monoisotopic (exact) mass is 523 g/mol. The SMILES string of the molecule is COC1CN(c2nn(CC(C)(C)F)c3cc(-c4[nH]ncc4NC(=O)N4CC5(CC5)NCC45CC5)ncc23)C1. The minimum Gasteiger partial charge on any atom is -0.378 e. The fourth-order valence-electron chi connectivity index (χ4n) is 5.76. The third-order valence-electron chi connectivity index (χ3n) is 8.51. The van der Waals surface area contributed by atoms with E-state index in [4.69, 9.17) is 14.8 Å². The molecule has 38 heavy (non-hydrogen) atoms. The molecule has 12 heteroatoms. The number of fused-ring (bicyclic) bond motifs is 1. The van der Waals surface area contributed by atoms with E-state index in [0.29, 0.717) is 17.1 Å². The summed E-state index contributed by atoms with van der Waals surface area (Å²) in [7, 11) is 1.70. The van der Waals surface area contributed by atoms with Gasteiger partial charge in [0.05, 0.1) is 46.7 Å². The van der Waals surface area contributed by atoms with Crippen molar-refractivity contribution in [2.24, 2.45) is 0 Å². The van der Waals surface area contributed by atoms with E-state index in [0.717, 1.165) is 68.6 Å². The zero-order valence-electron chi connectivity index (χ0n) is 22.1. The van der Waals surface area contributed by atoms with Crippen LogP contribution in [0.1, 0.15) is 39.5 Å². The fourth-order valence-corrected chi connectivity index (χ4v) is 5.76. The Balaban J connectivity index is 1.19. The van der Waals surface area contributed by atoms with Crippen LogP contribution in [-0.2, 0) is 11.3 Å². The first kappa shape index (κ1) is 23.8. The van der Waals surface area contributed by atoms with Crippen molar-refractivity contribution in [1.29, 1.82) is 0 Å². The minimum atomic E-state index is -1.45. The summed E-state index contributed by atoms with van der Waals surface area (Å²) in [5, 5.41) is 19.6. The summed E-state index contributed by atoms with van der Waals surface area (Å²) in [5.74, 6) is 0.775. The number of amides is 2. The molecule has 0 atom stereocenters. The summed E-state index contributed by atoms with van der Waals surface area (Å²) in [5.41, 5.74) is 1.14. The summed E-state index contributed by atoms with van der Waals surface area (Å²) in [4.78, 5) is 22.3. The Kier molecular flexibility index (Phi) is 5.10. The van der Waals surface area contributed by atoms with Crippen molar-refractivity contribution in [1.82, 2.24) is 35.2 Å². The molecule has 0 radical (unpaired) electrons. The Bertz CT molecular complexity index is 1400. The van der Waals surface area contributed by atoms with Crippen LogP contribution >= 0.6 is 0 Å². The lowest BCUT2D eigenvalue weighted by atomic mass is 10.1. The van der Waals surface area contributed by atoms with Crippen molar-refractivity contribution in [3.8, 4) is 11.4 Å². The van der Waals surface area contributed by atoms with Gasteiger partial charge in [-0.15, -0.1) is 0 Å². The maximum atomic E-state index is 14.7. The molecule has 2 aliphatic heterocycles. The lowest BCUT2D eigenvalue weighted by Gasteiger charge is -2.41. The van der Waals surface area contributed by atoms with Crippen molar-refractivity contribution in [2.45, 2.75) is 68.9 Å². The maximum absolute atomic E-state index is 14.7. The van der Waals surface area contributed by atoms with Gasteiger partial charge in [0, 0.05) is 45.0 Å². The molecule has 0 aromatic carbocycles. The van der Waals surface area contributed by atoms with Crippen LogP contribution in [0.3, 0.4) is 0 Å². The number of halogens is 1. The standard InChI is InChI=1S/C26H34FN9O2/c1-24(2,27)14-36-20-8-18(28-9-17(20)22(33-36)34-11-16(12-34)38-3)21-19(10-30-32-21)31-23(37)35-15-25(4-5-25)29-13-26(35)6-7-26/h8-10,16,29H,4-7,11-15H2,1-3H3,(H,30,32)(H,31,37). The van der Waals surface area contributed by atoms with Gasteiger partial charge in [-0.1, -0.05) is 0 Å². The molecule has 11 nitrogen and oxygen atoms in total. The Morgan fingerprint density at radius 1 is 1.26 bits per heavy atom. The number of carbonyl (C=O) groups is 1. The van der Waals surface area contributed by atoms with Gasteiger partial charge < -0.3 is 25.2 Å². The van der Waals surface area contributed by atoms with Crippen LogP contribution in [0.4, 0.5) is 20.7 Å². The highest BCUT2D eigenvalue weighted by Gasteiger charge is 2.59. The Morgan fingerprint density at radius 3 is 2.74 bits per heavy atom. The predicted octanol–water partition coefficient (Wildman–Crippen LogP) is 2.91. The number of carbonyl (C=O) groups excluding carboxylic acids is 1. The first-order valence-electron chi connectivity index (χ1n) is 13.4. The minimum absolute atomic E-state index is 0.0697. The first-order valence-corrected chi connectivity index (χ1v) is 13.4. The first-order chi connectivity index (χ1) is 18.2. The molecule has 4 aliphatic rings. The van der Waals surface area contributed by atoms with E-state index in [-0.39, 0.29) is 29.8 Å². The largest absolute Gasteiger partial charge is 0.378 e. The quantitative estimate of drug-likeness (QED) is 0.455. The molecule has 3 N–H and O–H groups in total. The molecule has 4 fully saturated rings. The zero-order chi connectivity index (χ0) is 26.3. The molecule has 2 saturated carbocycles. The Labute approximate surface area is 220 Å². The van der Waals surface area contributed by atoms with E-state index in [1.165, 1.54) is 0 Å². The number of nitrogens with one attached hydrogen (secondary N) is 3. The average molecular weight is 524 g/mol. The van der Waals surface area contributed by atoms with Gasteiger partial charge in [0.25, 0.3) is 0 Å². The van der Waals surface area contributed by atoms with Gasteiger partial charge in [-0.2, -0.15) is 10.2 Å². The zero-order valence-corrected chi connectivity index (χ0v) is 22.1. The number of nitrogens with zero attached hydrogens (tertiary/aromatic N) is 6. The number of ether oxygens (including phenoxy) is 1. The molecule has 5 heterocycles. The van der Waals surface area contributed by atoms with Gasteiger partial charge in [0.15, 0.2) is 5.82 Å². The molecule has 2 saturated heterocycles. The summed E-state index contributed by atoms with van der Waals surface area (Å²) in [6, 6.07) is 1.79. The van der Waals surface area contributed by atoms with Gasteiger partial charge in [0.2, 0.25) is 0 Å². The number of piperazine rings is 1. The maximum Gasteiger partial charge on any atom is 0.322 e. The number of hydrogen-bond acceptors (Lipinski definition) is 7. The molecule has 2 aliphatic carbocycles. The summed E-state index contributed by atoms with van der Waals surface area (Å²) >= 11 is 0. The molecule has 0 bridgehead atoms. The normalized spacial score (nSPS) is 21.8. The molecular formula is C26H34FN9O2. The molecular weight excluding hydrogens is 489 g/mol. The van der Waals surface area contributed by atoms with Crippen LogP contribution in [-0.4, -0.2) is 92.0 Å². The highest BCUT2D eigenvalue weighted by molar-refractivity contribution is 5.96. The van der Waals surface area contributed by atoms with Crippen molar-refractivity contribution < 1.29 is 13.9 Å². The Morgan fingerprint density at radius 2 is 2.05 bits per heavy atom. The molecule has 3 aromatic rings. The Hall–Kier alpha value is -3.25. The molecule has 2 spiro atoms. The van der Waals surface area contributed by atoms with Crippen LogP contribution in [0.5, 0.6) is 0 Å². The summed E-state index contributed by atoms with van der Waals surface area (Å²) in [6.07, 6.45) is 7.83. The van der Waals surface area contributed by atoms with Crippen LogP contribution in [0.25, 0.3) is 22.3 Å². The average Bonchev–Trinajstić information content (AvgIpc) is 3.71. The number of pyridine rings is 1. The number of hydrogen-bond donors (Lipinski definition) is 3. The molecule has 3 aromatic heterocycles. The van der Waals surface area contributed by atoms with E-state index in [2.05, 4.69) is 25.7 Å². The smallest absolute Gasteiger partial charge is 0.322 e. The number of H-pyrrole nitrogens is 1. The third kappa shape index (κ3) is 4.01. The lowest BCUT2D eigenvalue weighted by molar-refractivity contribution is 0.0783. The van der Waals surface area contributed by atoms with Crippen molar-refractivity contribution in [3.63, 3.8) is 0 Å². The molecule has 0 unspecified atom stereocenters. The van der Waals surface area contributed by atoms with Crippen molar-refractivity contribution >= 4 is 28.4 Å². The highest BCUT2D eigenvalue weighted by atomic mass is 19.1. The fraction of sp³-hybridized carbons (Fsp3) is 0.615. The lowest BCUT2D eigenvalue weighted by Crippen LogP contribution is -2.62. The number of aromatic nitrogens is 5. The van der Waals surface area contributed by atoms with Crippen LogP contribution in [0.15, 0.2) is 18.5 Å². The van der Waals surface area contributed by atoms with Crippen molar-refractivity contribution in [2.75, 3.05) is 43.5 Å². The highest BCUT2D eigenvalue weighted by Crippen LogP contribution is 2.50. The second-order valence-corrected chi connectivity index (χ2v) is 12.1. The van der Waals surface area contributed by atoms with Gasteiger partial charge in [-0.05, 0) is 45.6 Å². The van der Waals surface area contributed by atoms with Crippen LogP contribution in [0, 0.1) is 0 Å². The van der Waals surface area contributed by atoms with E-state index in [1.54, 1.807) is 38.0 Å².